The summed E-state index contributed by atoms with van der Waals surface area (Å²) in [5, 5.41) is 0. The van der Waals surface area contributed by atoms with Gasteiger partial charge in [0.15, 0.2) is 0 Å². The molecule has 1 aromatic carbocycles. The van der Waals surface area contributed by atoms with Crippen LogP contribution < -0.4 is 0 Å². The molecule has 0 bridgehead atoms. The second-order valence-electron chi connectivity index (χ2n) is 7.45. The molecule has 2 nitrogen and oxygen atoms in total. The van der Waals surface area contributed by atoms with Crippen molar-refractivity contribution >= 4 is 43.7 Å². The Morgan fingerprint density at radius 2 is 1.30 bits per heavy atom. The predicted octanol–water partition coefficient (Wildman–Crippen LogP) is 6.51. The Kier molecular flexibility index (Phi) is 19.2. The molecule has 0 aliphatic heterocycles. The van der Waals surface area contributed by atoms with E-state index in [1.54, 1.807) is 0 Å². The molecular weight excluding hydrogens is 360 g/mol. The van der Waals surface area contributed by atoms with Crippen molar-refractivity contribution in [2.24, 2.45) is 0 Å². The average molecular weight is 403 g/mol. The number of carbonyl (C=O) groups is 1. The number of carbonyl (C=O) groups excluding carboxylic acids is 1. The third-order valence-corrected chi connectivity index (χ3v) is 5.08. The zero-order valence-corrected chi connectivity index (χ0v) is 17.2. The van der Waals surface area contributed by atoms with E-state index in [0.717, 1.165) is 31.2 Å². The molecular formula is C24H42CaO2. The molecule has 0 saturated carbocycles. The molecule has 27 heavy (non-hydrogen) atoms. The van der Waals surface area contributed by atoms with E-state index in [0.29, 0.717) is 6.61 Å². The molecule has 1 aromatic rings. The van der Waals surface area contributed by atoms with Crippen molar-refractivity contribution in [2.45, 2.75) is 103 Å². The molecule has 0 aliphatic carbocycles. The Hall–Kier alpha value is -0.0503. The Balaban J connectivity index is 0.00000676. The first-order chi connectivity index (χ1) is 12.8. The summed E-state index contributed by atoms with van der Waals surface area (Å²) in [7, 11) is 0. The molecule has 1 rings (SSSR count). The van der Waals surface area contributed by atoms with E-state index >= 15 is 0 Å². The first-order valence-corrected chi connectivity index (χ1v) is 11.0. The van der Waals surface area contributed by atoms with Gasteiger partial charge in [-0.3, -0.25) is 4.79 Å². The molecule has 0 fully saturated rings. The minimum absolute atomic E-state index is 0. The van der Waals surface area contributed by atoms with Crippen LogP contribution in [0.5, 0.6) is 0 Å². The van der Waals surface area contributed by atoms with Crippen LogP contribution >= 0.6 is 0 Å². The Labute approximate surface area is 197 Å². The van der Waals surface area contributed by atoms with Crippen molar-refractivity contribution in [3.63, 3.8) is 0 Å². The van der Waals surface area contributed by atoms with Crippen LogP contribution in [0.15, 0.2) is 30.3 Å². The van der Waals surface area contributed by atoms with E-state index in [-0.39, 0.29) is 49.6 Å². The minimum atomic E-state index is -0.0953. The normalized spacial score (nSPS) is 11.6. The van der Waals surface area contributed by atoms with Crippen molar-refractivity contribution in [1.29, 1.82) is 0 Å². The van der Waals surface area contributed by atoms with Crippen LogP contribution in [0.3, 0.4) is 0 Å². The third-order valence-electron chi connectivity index (χ3n) is 5.08. The second kappa shape index (κ2) is 19.3. The van der Waals surface area contributed by atoms with Gasteiger partial charge >= 0.3 is 43.7 Å². The van der Waals surface area contributed by atoms with Gasteiger partial charge in [-0.2, -0.15) is 0 Å². The van der Waals surface area contributed by atoms with E-state index in [4.69, 9.17) is 4.74 Å². The van der Waals surface area contributed by atoms with E-state index in [9.17, 15) is 4.79 Å². The van der Waals surface area contributed by atoms with Crippen molar-refractivity contribution in [1.82, 2.24) is 0 Å². The van der Waals surface area contributed by atoms with Crippen LogP contribution in [-0.2, 0) is 9.53 Å². The molecule has 0 amide bonds. The molecule has 0 spiro atoms. The molecule has 0 N–H and O–H groups in total. The van der Waals surface area contributed by atoms with Crippen LogP contribution in [0.25, 0.3) is 0 Å². The van der Waals surface area contributed by atoms with Crippen LogP contribution in [0, 0.1) is 0 Å². The first kappa shape index (κ1) is 26.9. The quantitative estimate of drug-likeness (QED) is 0.179. The topological polar surface area (TPSA) is 26.3 Å². The molecule has 0 aliphatic rings. The molecule has 0 saturated heterocycles. The van der Waals surface area contributed by atoms with Gasteiger partial charge in [-0.05, 0) is 18.4 Å². The van der Waals surface area contributed by atoms with Gasteiger partial charge in [0.25, 0.3) is 0 Å². The van der Waals surface area contributed by atoms with Crippen LogP contribution in [0.1, 0.15) is 109 Å². The van der Waals surface area contributed by atoms with Gasteiger partial charge in [0.1, 0.15) is 0 Å². The number of ether oxygens (including phenoxy) is 1. The van der Waals surface area contributed by atoms with Gasteiger partial charge in [-0.25, -0.2) is 0 Å². The zero-order chi connectivity index (χ0) is 18.9. The van der Waals surface area contributed by atoms with E-state index in [2.05, 4.69) is 26.0 Å². The van der Waals surface area contributed by atoms with Crippen LogP contribution in [0.2, 0.25) is 0 Å². The van der Waals surface area contributed by atoms with Crippen molar-refractivity contribution < 1.29 is 9.53 Å². The van der Waals surface area contributed by atoms with Gasteiger partial charge in [-0.1, -0.05) is 115 Å². The van der Waals surface area contributed by atoms with Crippen molar-refractivity contribution in [3.05, 3.63) is 35.9 Å². The summed E-state index contributed by atoms with van der Waals surface area (Å²) in [6.07, 6.45) is 16.1. The fourth-order valence-corrected chi connectivity index (χ4v) is 3.36. The van der Waals surface area contributed by atoms with Crippen LogP contribution in [-0.4, -0.2) is 50.3 Å². The SMILES string of the molecule is CCCCCCCCCCCCC(C(=O)OCCCC)c1ccccc1.[CaH2]. The van der Waals surface area contributed by atoms with Gasteiger partial charge in [0.2, 0.25) is 0 Å². The number of benzene rings is 1. The molecule has 3 heteroatoms. The maximum atomic E-state index is 12.5. The molecule has 0 heterocycles. The molecule has 1 unspecified atom stereocenters. The summed E-state index contributed by atoms with van der Waals surface area (Å²) < 4.78 is 5.50. The van der Waals surface area contributed by atoms with Crippen molar-refractivity contribution in [3.8, 4) is 0 Å². The van der Waals surface area contributed by atoms with Gasteiger partial charge in [0.05, 0.1) is 12.5 Å². The molecule has 0 aromatic heterocycles. The predicted molar refractivity (Wildman–Crippen MR) is 120 cm³/mol. The summed E-state index contributed by atoms with van der Waals surface area (Å²) in [6.45, 7) is 4.94. The van der Waals surface area contributed by atoms with Crippen LogP contribution in [0.4, 0.5) is 0 Å². The summed E-state index contributed by atoms with van der Waals surface area (Å²) >= 11 is 0. The van der Waals surface area contributed by atoms with Gasteiger partial charge in [-0.15, -0.1) is 0 Å². The number of hydrogen-bond donors (Lipinski definition) is 0. The molecule has 152 valence electrons. The third kappa shape index (κ3) is 13.7. The van der Waals surface area contributed by atoms with E-state index < -0.39 is 0 Å². The second-order valence-corrected chi connectivity index (χ2v) is 7.45. The Bertz CT molecular complexity index is 447. The van der Waals surface area contributed by atoms with Gasteiger partial charge < -0.3 is 4.74 Å². The van der Waals surface area contributed by atoms with E-state index in [1.165, 1.54) is 57.8 Å². The number of hydrogen-bond acceptors (Lipinski definition) is 2. The van der Waals surface area contributed by atoms with Crippen molar-refractivity contribution in [2.75, 3.05) is 6.61 Å². The van der Waals surface area contributed by atoms with E-state index in [1.807, 2.05) is 18.2 Å². The standard InChI is InChI=1S/C24H40O2.Ca.2H/c1-3-5-7-8-9-10-11-12-13-17-20-23(22-18-15-14-16-19-22)24(25)26-21-6-4-2;;;/h14-16,18-19,23H,3-13,17,20-21H2,1-2H3;;;. The zero-order valence-electron chi connectivity index (χ0n) is 17.2. The number of esters is 1. The summed E-state index contributed by atoms with van der Waals surface area (Å²) in [4.78, 5) is 12.5. The number of unbranched alkanes of at least 4 members (excludes halogenated alkanes) is 10. The van der Waals surface area contributed by atoms with Gasteiger partial charge in [0, 0.05) is 0 Å². The Morgan fingerprint density at radius 1 is 0.778 bits per heavy atom. The molecule has 0 radical (unpaired) electrons. The molecule has 1 atom stereocenters. The monoisotopic (exact) mass is 402 g/mol. The summed E-state index contributed by atoms with van der Waals surface area (Å²) in [5.41, 5.74) is 1.10. The first-order valence-electron chi connectivity index (χ1n) is 11.0. The number of rotatable bonds is 16. The summed E-state index contributed by atoms with van der Waals surface area (Å²) in [6, 6.07) is 10.1. The average Bonchev–Trinajstić information content (AvgIpc) is 2.67. The fourth-order valence-electron chi connectivity index (χ4n) is 3.36. The Morgan fingerprint density at radius 3 is 1.85 bits per heavy atom. The summed E-state index contributed by atoms with van der Waals surface area (Å²) in [5.74, 6) is -0.136. The fraction of sp³-hybridized carbons (Fsp3) is 0.708. The maximum absolute atomic E-state index is 12.5.